The predicted molar refractivity (Wildman–Crippen MR) is 66.1 cm³/mol. The number of esters is 1. The number of carbonyl (C=O) groups excluding carboxylic acids is 1. The lowest BCUT2D eigenvalue weighted by atomic mass is 10.2. The Hall–Kier alpha value is -0.730. The van der Waals surface area contributed by atoms with Gasteiger partial charge >= 0.3 is 5.97 Å². The zero-order valence-electron chi connectivity index (χ0n) is 8.86. The van der Waals surface area contributed by atoms with E-state index in [0.29, 0.717) is 25.3 Å². The molecular weight excluding hydrogens is 247 g/mol. The second-order valence-corrected chi connectivity index (χ2v) is 4.25. The number of ether oxygens (including phenoxy) is 1. The van der Waals surface area contributed by atoms with Crippen LogP contribution in [0.5, 0.6) is 0 Å². The van der Waals surface area contributed by atoms with Gasteiger partial charge in [0.2, 0.25) is 0 Å². The van der Waals surface area contributed by atoms with Crippen LogP contribution in [0, 0.1) is 0 Å². The van der Waals surface area contributed by atoms with E-state index in [1.807, 2.05) is 30.3 Å². The number of hydrogen-bond donors (Lipinski definition) is 0. The molecule has 0 aliphatic heterocycles. The molecular formula is C12H14Cl2O2. The topological polar surface area (TPSA) is 26.3 Å². The molecule has 4 heteroatoms. The minimum absolute atomic E-state index is 0.356. The number of benzene rings is 1. The zero-order chi connectivity index (χ0) is 11.8. The first-order valence-corrected chi connectivity index (χ1v) is 6.11. The van der Waals surface area contributed by atoms with Gasteiger partial charge in [0.15, 0.2) is 0 Å². The van der Waals surface area contributed by atoms with Gasteiger partial charge in [0.1, 0.15) is 5.38 Å². The van der Waals surface area contributed by atoms with E-state index in [1.165, 1.54) is 0 Å². The van der Waals surface area contributed by atoms with E-state index in [0.717, 1.165) is 5.56 Å². The number of alkyl halides is 2. The molecule has 1 unspecified atom stereocenters. The fourth-order valence-corrected chi connectivity index (χ4v) is 1.72. The SMILES string of the molecule is O=C(OCCc1ccccc1)C(Cl)CCCl. The highest BCUT2D eigenvalue weighted by molar-refractivity contribution is 6.30. The largest absolute Gasteiger partial charge is 0.464 e. The highest BCUT2D eigenvalue weighted by atomic mass is 35.5. The zero-order valence-corrected chi connectivity index (χ0v) is 10.4. The minimum atomic E-state index is -0.631. The number of halogens is 2. The maximum Gasteiger partial charge on any atom is 0.324 e. The third-order valence-corrected chi connectivity index (χ3v) is 2.71. The van der Waals surface area contributed by atoms with E-state index >= 15 is 0 Å². The maximum atomic E-state index is 11.3. The molecule has 88 valence electrons. The van der Waals surface area contributed by atoms with Crippen molar-refractivity contribution < 1.29 is 9.53 Å². The molecule has 0 aromatic heterocycles. The summed E-state index contributed by atoms with van der Waals surface area (Å²) >= 11 is 11.2. The Kier molecular flexibility index (Phi) is 6.27. The summed E-state index contributed by atoms with van der Waals surface area (Å²) in [5.41, 5.74) is 1.14. The number of hydrogen-bond acceptors (Lipinski definition) is 2. The molecule has 0 bridgehead atoms. The Labute approximate surface area is 106 Å². The van der Waals surface area contributed by atoms with E-state index in [9.17, 15) is 4.79 Å². The third-order valence-electron chi connectivity index (χ3n) is 2.10. The summed E-state index contributed by atoms with van der Waals surface area (Å²) in [4.78, 5) is 11.3. The molecule has 0 heterocycles. The summed E-state index contributed by atoms with van der Waals surface area (Å²) in [5, 5.41) is -0.631. The van der Waals surface area contributed by atoms with E-state index < -0.39 is 11.3 Å². The summed E-state index contributed by atoms with van der Waals surface area (Å²) in [7, 11) is 0. The maximum absolute atomic E-state index is 11.3. The van der Waals surface area contributed by atoms with Crippen molar-refractivity contribution in [2.75, 3.05) is 12.5 Å². The molecule has 0 fully saturated rings. The first kappa shape index (κ1) is 13.3. The summed E-state index contributed by atoms with van der Waals surface area (Å²) < 4.78 is 5.03. The Bertz CT molecular complexity index is 314. The average molecular weight is 261 g/mol. The molecule has 0 spiro atoms. The predicted octanol–water partition coefficient (Wildman–Crippen LogP) is 3.01. The molecule has 1 aromatic rings. The van der Waals surface area contributed by atoms with Gasteiger partial charge in [0, 0.05) is 12.3 Å². The lowest BCUT2D eigenvalue weighted by Gasteiger charge is -2.08. The lowest BCUT2D eigenvalue weighted by Crippen LogP contribution is -2.19. The Morgan fingerprint density at radius 3 is 2.62 bits per heavy atom. The second-order valence-electron chi connectivity index (χ2n) is 3.35. The van der Waals surface area contributed by atoms with Crippen molar-refractivity contribution in [3.63, 3.8) is 0 Å². The molecule has 1 aromatic carbocycles. The van der Waals surface area contributed by atoms with Crippen LogP contribution >= 0.6 is 23.2 Å². The summed E-state index contributed by atoms with van der Waals surface area (Å²) in [6.07, 6.45) is 1.14. The molecule has 0 saturated carbocycles. The summed E-state index contributed by atoms with van der Waals surface area (Å²) in [5.74, 6) is -0.0275. The van der Waals surface area contributed by atoms with Gasteiger partial charge in [-0.2, -0.15) is 0 Å². The summed E-state index contributed by atoms with van der Waals surface area (Å²) in [6.45, 7) is 0.356. The summed E-state index contributed by atoms with van der Waals surface area (Å²) in [6, 6.07) is 9.84. The van der Waals surface area contributed by atoms with Gasteiger partial charge in [-0.05, 0) is 12.0 Å². The lowest BCUT2D eigenvalue weighted by molar-refractivity contribution is -0.143. The highest BCUT2D eigenvalue weighted by Crippen LogP contribution is 2.07. The molecule has 0 aliphatic rings. The van der Waals surface area contributed by atoms with Crippen LogP contribution in [-0.4, -0.2) is 23.8 Å². The molecule has 0 amide bonds. The van der Waals surface area contributed by atoms with Crippen LogP contribution in [0.1, 0.15) is 12.0 Å². The smallest absolute Gasteiger partial charge is 0.324 e. The van der Waals surface area contributed by atoms with Gasteiger partial charge < -0.3 is 4.74 Å². The van der Waals surface area contributed by atoms with E-state index in [-0.39, 0.29) is 0 Å². The molecule has 0 saturated heterocycles. The van der Waals surface area contributed by atoms with Crippen molar-refractivity contribution in [3.8, 4) is 0 Å². The molecule has 2 nitrogen and oxygen atoms in total. The van der Waals surface area contributed by atoms with Gasteiger partial charge in [-0.1, -0.05) is 30.3 Å². The molecule has 1 rings (SSSR count). The fraction of sp³-hybridized carbons (Fsp3) is 0.417. The van der Waals surface area contributed by atoms with Crippen molar-refractivity contribution in [1.29, 1.82) is 0 Å². The minimum Gasteiger partial charge on any atom is -0.464 e. The van der Waals surface area contributed by atoms with Gasteiger partial charge in [-0.3, -0.25) is 4.79 Å². The third kappa shape index (κ3) is 4.86. The molecule has 0 radical (unpaired) electrons. The molecule has 16 heavy (non-hydrogen) atoms. The van der Waals surface area contributed by atoms with Crippen molar-refractivity contribution >= 4 is 29.2 Å². The molecule has 1 atom stereocenters. The van der Waals surface area contributed by atoms with E-state index in [4.69, 9.17) is 27.9 Å². The number of carbonyl (C=O) groups is 1. The Balaban J connectivity index is 2.23. The standard InChI is InChI=1S/C12H14Cl2O2/c13-8-6-11(14)12(15)16-9-7-10-4-2-1-3-5-10/h1-5,11H,6-9H2. The molecule has 0 aliphatic carbocycles. The van der Waals surface area contributed by atoms with Crippen molar-refractivity contribution in [1.82, 2.24) is 0 Å². The van der Waals surface area contributed by atoms with Gasteiger partial charge in [-0.25, -0.2) is 0 Å². The first-order chi connectivity index (χ1) is 7.74. The first-order valence-electron chi connectivity index (χ1n) is 5.14. The van der Waals surface area contributed by atoms with Crippen LogP contribution in [0.15, 0.2) is 30.3 Å². The Morgan fingerprint density at radius 2 is 2.00 bits per heavy atom. The average Bonchev–Trinajstić information content (AvgIpc) is 2.30. The molecule has 0 N–H and O–H groups in total. The Morgan fingerprint density at radius 1 is 1.31 bits per heavy atom. The monoisotopic (exact) mass is 260 g/mol. The van der Waals surface area contributed by atoms with Crippen LogP contribution in [-0.2, 0) is 16.0 Å². The van der Waals surface area contributed by atoms with Crippen molar-refractivity contribution in [3.05, 3.63) is 35.9 Å². The van der Waals surface area contributed by atoms with Crippen molar-refractivity contribution in [2.45, 2.75) is 18.2 Å². The van der Waals surface area contributed by atoms with Crippen molar-refractivity contribution in [2.24, 2.45) is 0 Å². The number of rotatable bonds is 6. The van der Waals surface area contributed by atoms with Crippen LogP contribution < -0.4 is 0 Å². The van der Waals surface area contributed by atoms with Gasteiger partial charge in [-0.15, -0.1) is 23.2 Å². The van der Waals surface area contributed by atoms with E-state index in [2.05, 4.69) is 0 Å². The second kappa shape index (κ2) is 7.53. The normalized spacial score (nSPS) is 12.1. The highest BCUT2D eigenvalue weighted by Gasteiger charge is 2.15. The van der Waals surface area contributed by atoms with Crippen LogP contribution in [0.25, 0.3) is 0 Å². The van der Waals surface area contributed by atoms with Gasteiger partial charge in [0.05, 0.1) is 6.61 Å². The van der Waals surface area contributed by atoms with Crippen LogP contribution in [0.3, 0.4) is 0 Å². The van der Waals surface area contributed by atoms with Gasteiger partial charge in [0.25, 0.3) is 0 Å². The fourth-order valence-electron chi connectivity index (χ4n) is 1.22. The van der Waals surface area contributed by atoms with E-state index in [1.54, 1.807) is 0 Å². The van der Waals surface area contributed by atoms with Crippen LogP contribution in [0.2, 0.25) is 0 Å². The van der Waals surface area contributed by atoms with Crippen LogP contribution in [0.4, 0.5) is 0 Å². The quantitative estimate of drug-likeness (QED) is 0.581.